The van der Waals surface area contributed by atoms with Gasteiger partial charge in [-0.3, -0.25) is 0 Å². The maximum Gasteiger partial charge on any atom is 0.432 e. The van der Waals surface area contributed by atoms with Crippen molar-refractivity contribution in [3.8, 4) is 11.1 Å². The quantitative estimate of drug-likeness (QED) is 0.542. The third-order valence-electron chi connectivity index (χ3n) is 1.22. The van der Waals surface area contributed by atoms with E-state index in [9.17, 15) is 0 Å². The Kier molecular flexibility index (Phi) is 4.11. The van der Waals surface area contributed by atoms with Crippen molar-refractivity contribution in [3.05, 3.63) is 24.3 Å². The zero-order valence-corrected chi connectivity index (χ0v) is 6.14. The maximum atomic E-state index is 7.12. The Morgan fingerprint density at radius 3 is 1.10 bits per heavy atom. The van der Waals surface area contributed by atoms with Crippen LogP contribution in [0.5, 0.6) is 0 Å². The number of halogens is 1. The molecule has 0 atom stereocenters. The van der Waals surface area contributed by atoms with Gasteiger partial charge in [-0.1, -0.05) is 24.3 Å². The molecule has 0 aromatic rings. The number of hydrogen-bond acceptors (Lipinski definition) is 2. The molecule has 2 nitrogen and oxygen atoms in total. The lowest BCUT2D eigenvalue weighted by Gasteiger charge is -2.10. The van der Waals surface area contributed by atoms with Crippen LogP contribution >= 0.6 is 12.4 Å². The summed E-state index contributed by atoms with van der Waals surface area (Å²) >= 11 is 0. The molecule has 0 aromatic heterocycles. The molecule has 0 fully saturated rings. The van der Waals surface area contributed by atoms with E-state index in [1.807, 2.05) is 0 Å². The van der Waals surface area contributed by atoms with Crippen LogP contribution in [-0.4, -0.2) is 17.7 Å². The standard InChI is InChI=1S/C6H4.BH3O2.ClH/c1-2-6-4-3-5(1)6;2-1-3;/h1-4H;1-3H;1H. The molecule has 10 heavy (non-hydrogen) atoms. The largest absolute Gasteiger partial charge is 0.432 e. The van der Waals surface area contributed by atoms with Gasteiger partial charge in [0.2, 0.25) is 0 Å². The average Bonchev–Trinajstić information content (AvgIpc) is 1.81. The number of hydrogen-bond donors (Lipinski definition) is 2. The topological polar surface area (TPSA) is 40.5 Å². The number of benzene rings is 1. The van der Waals surface area contributed by atoms with Crippen molar-refractivity contribution in [2.75, 3.05) is 0 Å². The molecule has 2 aliphatic rings. The molecule has 2 aliphatic carbocycles. The van der Waals surface area contributed by atoms with E-state index in [4.69, 9.17) is 10.0 Å². The number of fused-ring (bicyclic) bond motifs is 1. The van der Waals surface area contributed by atoms with Crippen LogP contribution in [0.1, 0.15) is 0 Å². The Morgan fingerprint density at radius 1 is 0.900 bits per heavy atom. The third kappa shape index (κ3) is 1.74. The normalized spacial score (nSPS) is 8.20. The molecule has 0 unspecified atom stereocenters. The summed E-state index contributed by atoms with van der Waals surface area (Å²) in [5.74, 6) is 0. The Hall–Kier alpha value is -0.505. The molecule has 0 saturated carbocycles. The lowest BCUT2D eigenvalue weighted by molar-refractivity contribution is 0.448. The predicted octanol–water partition coefficient (Wildman–Crippen LogP) is 0.326. The van der Waals surface area contributed by atoms with E-state index in [0.717, 1.165) is 0 Å². The summed E-state index contributed by atoms with van der Waals surface area (Å²) in [6.07, 6.45) is 0. The lowest BCUT2D eigenvalue weighted by atomic mass is 9.95. The van der Waals surface area contributed by atoms with Crippen molar-refractivity contribution in [1.82, 2.24) is 0 Å². The monoisotopic (exact) mass is 158 g/mol. The third-order valence-corrected chi connectivity index (χ3v) is 1.22. The SMILES string of the molecule is Cl.OBO.c1cc2ccc1-2. The van der Waals surface area contributed by atoms with Gasteiger partial charge in [0.15, 0.2) is 0 Å². The zero-order chi connectivity index (χ0) is 6.69. The molecule has 2 rings (SSSR count). The molecule has 4 heteroatoms. The predicted molar refractivity (Wildman–Crippen MR) is 44.3 cm³/mol. The van der Waals surface area contributed by atoms with Crippen molar-refractivity contribution in [2.45, 2.75) is 0 Å². The summed E-state index contributed by atoms with van der Waals surface area (Å²) in [5.41, 5.74) is 2.85. The maximum absolute atomic E-state index is 7.12. The van der Waals surface area contributed by atoms with Gasteiger partial charge < -0.3 is 10.0 Å². The summed E-state index contributed by atoms with van der Waals surface area (Å²) in [4.78, 5) is 0. The van der Waals surface area contributed by atoms with Crippen molar-refractivity contribution in [1.29, 1.82) is 0 Å². The van der Waals surface area contributed by atoms with Crippen LogP contribution in [-0.2, 0) is 0 Å². The van der Waals surface area contributed by atoms with Gasteiger partial charge in [0.1, 0.15) is 0 Å². The molecule has 0 radical (unpaired) electrons. The Labute approximate surface area is 66.2 Å². The van der Waals surface area contributed by atoms with E-state index in [1.165, 1.54) is 11.1 Å². The van der Waals surface area contributed by atoms with Crippen LogP contribution in [0.2, 0.25) is 0 Å². The summed E-state index contributed by atoms with van der Waals surface area (Å²) in [5, 5.41) is 14.2. The Balaban J connectivity index is 0.000000183. The fraction of sp³-hybridized carbons (Fsp3) is 0. The van der Waals surface area contributed by atoms with Crippen molar-refractivity contribution in [3.63, 3.8) is 0 Å². The molecule has 0 saturated heterocycles. The van der Waals surface area contributed by atoms with E-state index in [0.29, 0.717) is 0 Å². The van der Waals surface area contributed by atoms with E-state index < -0.39 is 7.69 Å². The van der Waals surface area contributed by atoms with E-state index in [2.05, 4.69) is 24.3 Å². The van der Waals surface area contributed by atoms with Gasteiger partial charge in [-0.2, -0.15) is 0 Å². The molecule has 0 amide bonds. The first-order chi connectivity index (χ1) is 4.38. The summed E-state index contributed by atoms with van der Waals surface area (Å²) in [7, 11) is -0.750. The molecule has 0 aromatic carbocycles. The fourth-order valence-electron chi connectivity index (χ4n) is 0.663. The van der Waals surface area contributed by atoms with Crippen LogP contribution in [0.25, 0.3) is 11.1 Å². The van der Waals surface area contributed by atoms with E-state index >= 15 is 0 Å². The van der Waals surface area contributed by atoms with Crippen LogP contribution in [0, 0.1) is 0 Å². The first-order valence-electron chi connectivity index (χ1n) is 2.70. The smallest absolute Gasteiger partial charge is 0.430 e. The van der Waals surface area contributed by atoms with Crippen LogP contribution < -0.4 is 0 Å². The molecular formula is C6H8BClO2. The molecule has 0 spiro atoms. The minimum atomic E-state index is -0.750. The molecule has 0 bridgehead atoms. The van der Waals surface area contributed by atoms with Crippen LogP contribution in [0.3, 0.4) is 0 Å². The fourth-order valence-corrected chi connectivity index (χ4v) is 0.663. The van der Waals surface area contributed by atoms with Gasteiger partial charge in [0.05, 0.1) is 0 Å². The van der Waals surface area contributed by atoms with Gasteiger partial charge in [-0.05, 0) is 11.1 Å². The van der Waals surface area contributed by atoms with Crippen LogP contribution in [0.15, 0.2) is 24.3 Å². The molecule has 0 heterocycles. The second kappa shape index (κ2) is 4.33. The highest BCUT2D eigenvalue weighted by Crippen LogP contribution is 2.29. The van der Waals surface area contributed by atoms with Gasteiger partial charge in [-0.15, -0.1) is 12.4 Å². The second-order valence-electron chi connectivity index (χ2n) is 1.72. The van der Waals surface area contributed by atoms with Crippen molar-refractivity contribution >= 4 is 20.1 Å². The minimum Gasteiger partial charge on any atom is -0.430 e. The summed E-state index contributed by atoms with van der Waals surface area (Å²) in [6.45, 7) is 0. The highest BCUT2D eigenvalue weighted by atomic mass is 35.5. The number of rotatable bonds is 0. The van der Waals surface area contributed by atoms with Gasteiger partial charge in [0.25, 0.3) is 0 Å². The first kappa shape index (κ1) is 9.49. The van der Waals surface area contributed by atoms with Crippen LogP contribution in [0.4, 0.5) is 0 Å². The summed E-state index contributed by atoms with van der Waals surface area (Å²) in [6, 6.07) is 8.48. The lowest BCUT2D eigenvalue weighted by Crippen LogP contribution is -1.85. The Bertz CT molecular complexity index is 166. The molecule has 2 N–H and O–H groups in total. The first-order valence-corrected chi connectivity index (χ1v) is 2.70. The average molecular weight is 158 g/mol. The van der Waals surface area contributed by atoms with E-state index in [1.54, 1.807) is 0 Å². The zero-order valence-electron chi connectivity index (χ0n) is 5.32. The molecule has 54 valence electrons. The highest BCUT2D eigenvalue weighted by molar-refractivity contribution is 6.13. The second-order valence-corrected chi connectivity index (χ2v) is 1.72. The minimum absolute atomic E-state index is 0. The van der Waals surface area contributed by atoms with Gasteiger partial charge in [-0.25, -0.2) is 0 Å². The van der Waals surface area contributed by atoms with Crippen molar-refractivity contribution in [2.24, 2.45) is 0 Å². The molecular weight excluding hydrogens is 150 g/mol. The molecule has 0 aliphatic heterocycles. The van der Waals surface area contributed by atoms with Gasteiger partial charge >= 0.3 is 7.69 Å². The highest BCUT2D eigenvalue weighted by Gasteiger charge is 2.03. The Morgan fingerprint density at radius 2 is 1.10 bits per heavy atom. The van der Waals surface area contributed by atoms with E-state index in [-0.39, 0.29) is 12.4 Å². The van der Waals surface area contributed by atoms with Gasteiger partial charge in [0, 0.05) is 0 Å². The van der Waals surface area contributed by atoms with Crippen molar-refractivity contribution < 1.29 is 10.0 Å². The summed E-state index contributed by atoms with van der Waals surface area (Å²) < 4.78 is 0.